The third-order valence-corrected chi connectivity index (χ3v) is 2.79. The highest BCUT2D eigenvalue weighted by Gasteiger charge is 2.01. The van der Waals surface area contributed by atoms with Crippen molar-refractivity contribution < 1.29 is 0 Å². The Morgan fingerprint density at radius 2 is 2.00 bits per heavy atom. The topological polar surface area (TPSA) is 34.0 Å². The maximum atomic E-state index is 11.7. The molecule has 0 amide bonds. The number of benzene rings is 1. The smallest absolute Gasteiger partial charge is 0.189 e. The van der Waals surface area contributed by atoms with E-state index in [-0.39, 0.29) is 5.43 Å². The van der Waals surface area contributed by atoms with Crippen molar-refractivity contribution in [1.29, 1.82) is 0 Å². The number of nitrogens with one attached hydrogen (secondary N) is 1. The highest BCUT2D eigenvalue weighted by molar-refractivity contribution is 5.78. The van der Waals surface area contributed by atoms with Gasteiger partial charge in [-0.05, 0) is 12.1 Å². The molecule has 0 aliphatic heterocycles. The van der Waals surface area contributed by atoms with E-state index in [9.17, 15) is 4.79 Å². The van der Waals surface area contributed by atoms with E-state index >= 15 is 0 Å². The zero-order chi connectivity index (χ0) is 12.3. The summed E-state index contributed by atoms with van der Waals surface area (Å²) in [6, 6.07) is 9.86. The molecule has 0 fully saturated rings. The van der Waals surface area contributed by atoms with E-state index in [1.165, 1.54) is 0 Å². The second-order valence-corrected chi connectivity index (χ2v) is 4.50. The Labute approximate surface area is 101 Å². The molecule has 0 aliphatic carbocycles. The van der Waals surface area contributed by atoms with Crippen LogP contribution in [0.4, 0.5) is 0 Å². The molecule has 0 atom stereocenters. The van der Waals surface area contributed by atoms with Gasteiger partial charge in [-0.3, -0.25) is 4.79 Å². The average molecular weight is 230 g/mol. The molecule has 0 saturated carbocycles. The lowest BCUT2D eigenvalue weighted by Crippen LogP contribution is -2.27. The van der Waals surface area contributed by atoms with Crippen LogP contribution >= 0.6 is 0 Å². The summed E-state index contributed by atoms with van der Waals surface area (Å²) in [6.45, 7) is 6.04. The molecule has 0 aliphatic rings. The van der Waals surface area contributed by atoms with Crippen molar-refractivity contribution in [2.75, 3.05) is 6.54 Å². The molecule has 2 aromatic rings. The van der Waals surface area contributed by atoms with Crippen LogP contribution in [-0.2, 0) is 6.54 Å². The fourth-order valence-corrected chi connectivity index (χ4v) is 1.93. The minimum Gasteiger partial charge on any atom is -0.346 e. The Morgan fingerprint density at radius 1 is 1.24 bits per heavy atom. The second kappa shape index (κ2) is 5.15. The van der Waals surface area contributed by atoms with Crippen LogP contribution in [0.15, 0.2) is 41.3 Å². The van der Waals surface area contributed by atoms with Crippen molar-refractivity contribution in [2.24, 2.45) is 0 Å². The number of nitrogens with zero attached hydrogens (tertiary/aromatic N) is 1. The molecule has 3 heteroatoms. The van der Waals surface area contributed by atoms with Crippen molar-refractivity contribution in [1.82, 2.24) is 9.88 Å². The molecular formula is C14H18N2O. The molecule has 1 aromatic heterocycles. The molecule has 90 valence electrons. The van der Waals surface area contributed by atoms with Gasteiger partial charge in [0.1, 0.15) is 0 Å². The van der Waals surface area contributed by atoms with Crippen LogP contribution < -0.4 is 10.7 Å². The zero-order valence-electron chi connectivity index (χ0n) is 10.3. The van der Waals surface area contributed by atoms with E-state index in [1.807, 2.05) is 30.5 Å². The summed E-state index contributed by atoms with van der Waals surface area (Å²) in [6.07, 6.45) is 1.87. The van der Waals surface area contributed by atoms with Gasteiger partial charge in [0, 0.05) is 36.8 Å². The van der Waals surface area contributed by atoms with Crippen molar-refractivity contribution in [3.05, 3.63) is 46.8 Å². The summed E-state index contributed by atoms with van der Waals surface area (Å²) in [4.78, 5) is 11.7. The third-order valence-electron chi connectivity index (χ3n) is 2.79. The van der Waals surface area contributed by atoms with Crippen molar-refractivity contribution in [3.63, 3.8) is 0 Å². The molecule has 0 bridgehead atoms. The standard InChI is InChI=1S/C14H18N2O/c1-11(2)15-8-10-16-9-7-14(17)12-5-3-4-6-13(12)16/h3-7,9,11,15H,8,10H2,1-2H3. The van der Waals surface area contributed by atoms with E-state index < -0.39 is 0 Å². The lowest BCUT2D eigenvalue weighted by molar-refractivity contribution is 0.546. The van der Waals surface area contributed by atoms with Gasteiger partial charge in [0.2, 0.25) is 0 Å². The van der Waals surface area contributed by atoms with Gasteiger partial charge in [-0.25, -0.2) is 0 Å². The predicted octanol–water partition coefficient (Wildman–Crippen LogP) is 2.00. The maximum Gasteiger partial charge on any atom is 0.189 e. The molecule has 1 aromatic carbocycles. The SMILES string of the molecule is CC(C)NCCn1ccc(=O)c2ccccc21. The Balaban J connectivity index is 2.29. The number of aromatic nitrogens is 1. The zero-order valence-corrected chi connectivity index (χ0v) is 10.3. The van der Waals surface area contributed by atoms with Crippen molar-refractivity contribution in [2.45, 2.75) is 26.4 Å². The lowest BCUT2D eigenvalue weighted by Gasteiger charge is -2.12. The van der Waals surface area contributed by atoms with Crippen LogP contribution in [0.3, 0.4) is 0 Å². The molecular weight excluding hydrogens is 212 g/mol. The highest BCUT2D eigenvalue weighted by Crippen LogP contribution is 2.08. The lowest BCUT2D eigenvalue weighted by atomic mass is 10.2. The van der Waals surface area contributed by atoms with Crippen LogP contribution in [0.2, 0.25) is 0 Å². The van der Waals surface area contributed by atoms with Crippen LogP contribution in [-0.4, -0.2) is 17.2 Å². The van der Waals surface area contributed by atoms with Crippen LogP contribution in [0.1, 0.15) is 13.8 Å². The summed E-state index contributed by atoms with van der Waals surface area (Å²) in [5, 5.41) is 4.17. The maximum absolute atomic E-state index is 11.7. The molecule has 3 nitrogen and oxygen atoms in total. The Morgan fingerprint density at radius 3 is 2.76 bits per heavy atom. The first kappa shape index (κ1) is 11.9. The normalized spacial score (nSPS) is 11.2. The third kappa shape index (κ3) is 2.74. The highest BCUT2D eigenvalue weighted by atomic mass is 16.1. The number of hydrogen-bond acceptors (Lipinski definition) is 2. The summed E-state index contributed by atoms with van der Waals surface area (Å²) in [7, 11) is 0. The van der Waals surface area contributed by atoms with Gasteiger partial charge >= 0.3 is 0 Å². The van der Waals surface area contributed by atoms with Gasteiger partial charge in [-0.2, -0.15) is 0 Å². The van der Waals surface area contributed by atoms with E-state index in [4.69, 9.17) is 0 Å². The van der Waals surface area contributed by atoms with Crippen LogP contribution in [0.5, 0.6) is 0 Å². The molecule has 0 spiro atoms. The minimum absolute atomic E-state index is 0.0914. The van der Waals surface area contributed by atoms with E-state index in [0.29, 0.717) is 6.04 Å². The number of fused-ring (bicyclic) bond motifs is 1. The Kier molecular flexibility index (Phi) is 3.59. The molecule has 0 saturated heterocycles. The number of rotatable bonds is 4. The monoisotopic (exact) mass is 230 g/mol. The Bertz CT molecular complexity index is 557. The van der Waals surface area contributed by atoms with Gasteiger partial charge in [-0.1, -0.05) is 26.0 Å². The molecule has 2 rings (SSSR count). The fourth-order valence-electron chi connectivity index (χ4n) is 1.93. The minimum atomic E-state index is 0.0914. The van der Waals surface area contributed by atoms with E-state index in [2.05, 4.69) is 23.7 Å². The molecule has 1 N–H and O–H groups in total. The number of hydrogen-bond donors (Lipinski definition) is 1. The van der Waals surface area contributed by atoms with Crippen molar-refractivity contribution >= 4 is 10.9 Å². The quantitative estimate of drug-likeness (QED) is 0.871. The molecule has 0 unspecified atom stereocenters. The van der Waals surface area contributed by atoms with Gasteiger partial charge in [0.25, 0.3) is 0 Å². The molecule has 0 radical (unpaired) electrons. The first-order chi connectivity index (χ1) is 8.18. The Hall–Kier alpha value is -1.61. The second-order valence-electron chi connectivity index (χ2n) is 4.50. The van der Waals surface area contributed by atoms with Crippen molar-refractivity contribution in [3.8, 4) is 0 Å². The fraction of sp³-hybridized carbons (Fsp3) is 0.357. The van der Waals surface area contributed by atoms with E-state index in [0.717, 1.165) is 24.0 Å². The van der Waals surface area contributed by atoms with Gasteiger partial charge < -0.3 is 9.88 Å². The van der Waals surface area contributed by atoms with E-state index in [1.54, 1.807) is 6.07 Å². The number of pyridine rings is 1. The predicted molar refractivity (Wildman–Crippen MR) is 71.3 cm³/mol. The largest absolute Gasteiger partial charge is 0.346 e. The van der Waals surface area contributed by atoms with Gasteiger partial charge in [0.15, 0.2) is 5.43 Å². The average Bonchev–Trinajstić information content (AvgIpc) is 2.32. The number of para-hydroxylation sites is 1. The molecule has 17 heavy (non-hydrogen) atoms. The summed E-state index contributed by atoms with van der Waals surface area (Å²) < 4.78 is 2.12. The van der Waals surface area contributed by atoms with Gasteiger partial charge in [0.05, 0.1) is 5.52 Å². The van der Waals surface area contributed by atoms with Crippen LogP contribution in [0, 0.1) is 0 Å². The van der Waals surface area contributed by atoms with Gasteiger partial charge in [-0.15, -0.1) is 0 Å². The molecule has 1 heterocycles. The summed E-state index contributed by atoms with van der Waals surface area (Å²) in [5.74, 6) is 0. The summed E-state index contributed by atoms with van der Waals surface area (Å²) in [5.41, 5.74) is 1.10. The first-order valence-electron chi connectivity index (χ1n) is 6.00. The summed E-state index contributed by atoms with van der Waals surface area (Å²) >= 11 is 0. The first-order valence-corrected chi connectivity index (χ1v) is 6.00. The van der Waals surface area contributed by atoms with Crippen LogP contribution in [0.25, 0.3) is 10.9 Å².